The van der Waals surface area contributed by atoms with Crippen molar-refractivity contribution in [2.24, 2.45) is 0 Å². The minimum Gasteiger partial charge on any atom is -0.496 e. The van der Waals surface area contributed by atoms with Crippen LogP contribution >= 0.6 is 15.9 Å². The molecule has 0 radical (unpaired) electrons. The second-order valence-electron chi connectivity index (χ2n) is 4.62. The molecule has 0 aliphatic carbocycles. The van der Waals surface area contributed by atoms with Crippen LogP contribution in [0, 0.1) is 12.7 Å². The first-order valence-corrected chi connectivity index (χ1v) is 7.13. The van der Waals surface area contributed by atoms with Gasteiger partial charge in [-0.15, -0.1) is 0 Å². The molecule has 106 valence electrons. The normalized spacial score (nSPS) is 12.2. The van der Waals surface area contributed by atoms with Gasteiger partial charge in [-0.1, -0.05) is 28.1 Å². The first-order chi connectivity index (χ1) is 9.56. The smallest absolute Gasteiger partial charge is 0.128 e. The number of ether oxygens (including phenoxy) is 1. The molecular formula is C16H17BrFNO. The summed E-state index contributed by atoms with van der Waals surface area (Å²) in [7, 11) is 3.46. The second kappa shape index (κ2) is 6.37. The van der Waals surface area contributed by atoms with Crippen LogP contribution in [0.15, 0.2) is 40.9 Å². The molecule has 0 fully saturated rings. The zero-order chi connectivity index (χ0) is 14.7. The molecule has 0 saturated carbocycles. The monoisotopic (exact) mass is 337 g/mol. The van der Waals surface area contributed by atoms with Crippen LogP contribution in [0.4, 0.5) is 4.39 Å². The third kappa shape index (κ3) is 3.02. The quantitative estimate of drug-likeness (QED) is 0.902. The molecule has 1 atom stereocenters. The van der Waals surface area contributed by atoms with Crippen molar-refractivity contribution in [3.63, 3.8) is 0 Å². The molecule has 2 aromatic rings. The third-order valence-corrected chi connectivity index (χ3v) is 3.82. The Bertz CT molecular complexity index is 615. The Morgan fingerprint density at radius 1 is 1.20 bits per heavy atom. The molecule has 2 rings (SSSR count). The lowest BCUT2D eigenvalue weighted by atomic mass is 9.97. The van der Waals surface area contributed by atoms with Crippen LogP contribution in [0.1, 0.15) is 22.7 Å². The zero-order valence-corrected chi connectivity index (χ0v) is 13.3. The van der Waals surface area contributed by atoms with E-state index < -0.39 is 0 Å². The highest BCUT2D eigenvalue weighted by atomic mass is 79.9. The summed E-state index contributed by atoms with van der Waals surface area (Å²) in [5.41, 5.74) is 2.63. The van der Waals surface area contributed by atoms with Crippen LogP contribution in [-0.2, 0) is 0 Å². The fraction of sp³-hybridized carbons (Fsp3) is 0.250. The molecule has 0 aliphatic rings. The van der Waals surface area contributed by atoms with E-state index in [1.54, 1.807) is 19.2 Å². The summed E-state index contributed by atoms with van der Waals surface area (Å²) in [5, 5.41) is 3.16. The summed E-state index contributed by atoms with van der Waals surface area (Å²) in [5.74, 6) is 0.574. The van der Waals surface area contributed by atoms with Crippen molar-refractivity contribution in [1.82, 2.24) is 5.32 Å². The third-order valence-electron chi connectivity index (χ3n) is 3.32. The van der Waals surface area contributed by atoms with E-state index >= 15 is 0 Å². The van der Waals surface area contributed by atoms with Gasteiger partial charge in [0.25, 0.3) is 0 Å². The second-order valence-corrected chi connectivity index (χ2v) is 5.53. The molecule has 0 bridgehead atoms. The lowest BCUT2D eigenvalue weighted by Crippen LogP contribution is -2.19. The predicted molar refractivity (Wildman–Crippen MR) is 82.7 cm³/mol. The van der Waals surface area contributed by atoms with Gasteiger partial charge in [-0.25, -0.2) is 4.39 Å². The van der Waals surface area contributed by atoms with E-state index in [0.717, 1.165) is 21.3 Å². The van der Waals surface area contributed by atoms with E-state index in [0.29, 0.717) is 5.56 Å². The highest BCUT2D eigenvalue weighted by molar-refractivity contribution is 9.10. The van der Waals surface area contributed by atoms with Crippen LogP contribution in [0.25, 0.3) is 0 Å². The maximum atomic E-state index is 14.1. The Hall–Kier alpha value is -1.39. The van der Waals surface area contributed by atoms with Gasteiger partial charge in [-0.2, -0.15) is 0 Å². The molecule has 0 saturated heterocycles. The molecule has 0 aliphatic heterocycles. The first kappa shape index (κ1) is 15.0. The zero-order valence-electron chi connectivity index (χ0n) is 11.7. The van der Waals surface area contributed by atoms with Crippen LogP contribution in [0.3, 0.4) is 0 Å². The van der Waals surface area contributed by atoms with Crippen LogP contribution in [0.5, 0.6) is 5.75 Å². The molecule has 0 aromatic heterocycles. The Balaban J connectivity index is 2.49. The summed E-state index contributed by atoms with van der Waals surface area (Å²) < 4.78 is 20.3. The Morgan fingerprint density at radius 3 is 2.60 bits per heavy atom. The molecule has 1 N–H and O–H groups in total. The molecule has 2 nitrogen and oxygen atoms in total. The summed E-state index contributed by atoms with van der Waals surface area (Å²) in [6.45, 7) is 1.98. The molecule has 4 heteroatoms. The van der Waals surface area contributed by atoms with Crippen molar-refractivity contribution in [2.75, 3.05) is 14.2 Å². The van der Waals surface area contributed by atoms with Crippen LogP contribution in [-0.4, -0.2) is 14.2 Å². The fourth-order valence-electron chi connectivity index (χ4n) is 2.25. The van der Waals surface area contributed by atoms with Gasteiger partial charge in [-0.3, -0.25) is 0 Å². The van der Waals surface area contributed by atoms with E-state index in [2.05, 4.69) is 21.2 Å². The minimum atomic E-state index is -0.230. The van der Waals surface area contributed by atoms with E-state index in [1.165, 1.54) is 6.07 Å². The summed E-state index contributed by atoms with van der Waals surface area (Å²) >= 11 is 3.39. The van der Waals surface area contributed by atoms with Crippen molar-refractivity contribution in [3.05, 3.63) is 63.4 Å². The minimum absolute atomic E-state index is 0.220. The van der Waals surface area contributed by atoms with Crippen molar-refractivity contribution in [3.8, 4) is 5.75 Å². The van der Waals surface area contributed by atoms with Gasteiger partial charge >= 0.3 is 0 Å². The first-order valence-electron chi connectivity index (χ1n) is 6.33. The molecule has 0 spiro atoms. The maximum Gasteiger partial charge on any atom is 0.128 e. The number of aryl methyl sites for hydroxylation is 1. The average Bonchev–Trinajstić information content (AvgIpc) is 2.45. The largest absolute Gasteiger partial charge is 0.496 e. The van der Waals surface area contributed by atoms with E-state index in [4.69, 9.17) is 4.74 Å². The van der Waals surface area contributed by atoms with Gasteiger partial charge in [-0.05, 0) is 49.4 Å². The van der Waals surface area contributed by atoms with E-state index in [9.17, 15) is 4.39 Å². The van der Waals surface area contributed by atoms with Gasteiger partial charge in [0.2, 0.25) is 0 Å². The van der Waals surface area contributed by atoms with Crippen LogP contribution in [0.2, 0.25) is 0 Å². The average molecular weight is 338 g/mol. The number of rotatable bonds is 4. The summed E-state index contributed by atoms with van der Waals surface area (Å²) in [4.78, 5) is 0. The van der Waals surface area contributed by atoms with Crippen molar-refractivity contribution >= 4 is 15.9 Å². The molecule has 2 aromatic carbocycles. The van der Waals surface area contributed by atoms with Gasteiger partial charge in [0.15, 0.2) is 0 Å². The fourth-order valence-corrected chi connectivity index (χ4v) is 2.63. The van der Waals surface area contributed by atoms with Gasteiger partial charge in [0.1, 0.15) is 11.6 Å². The topological polar surface area (TPSA) is 21.3 Å². The molecule has 0 heterocycles. The number of nitrogens with one attached hydrogen (secondary N) is 1. The number of halogens is 2. The standard InChI is InChI=1S/C16H17BrFNO/c1-10-4-5-11(8-15(10)20-3)16(19-2)13-9-12(17)6-7-14(13)18/h4-9,16,19H,1-3H3. The molecule has 0 amide bonds. The van der Waals surface area contributed by atoms with Crippen molar-refractivity contribution in [1.29, 1.82) is 0 Å². The number of methoxy groups -OCH3 is 1. The van der Waals surface area contributed by atoms with E-state index in [1.807, 2.05) is 32.2 Å². The van der Waals surface area contributed by atoms with Crippen molar-refractivity contribution < 1.29 is 9.13 Å². The highest BCUT2D eigenvalue weighted by Gasteiger charge is 2.17. The number of benzene rings is 2. The predicted octanol–water partition coefficient (Wildman–Crippen LogP) is 4.21. The maximum absolute atomic E-state index is 14.1. The number of hydrogen-bond acceptors (Lipinski definition) is 2. The van der Waals surface area contributed by atoms with Crippen molar-refractivity contribution in [2.45, 2.75) is 13.0 Å². The highest BCUT2D eigenvalue weighted by Crippen LogP contribution is 2.30. The Morgan fingerprint density at radius 2 is 1.95 bits per heavy atom. The SMILES string of the molecule is CNC(c1ccc(C)c(OC)c1)c1cc(Br)ccc1F. The van der Waals surface area contributed by atoms with E-state index in [-0.39, 0.29) is 11.9 Å². The summed E-state index contributed by atoms with van der Waals surface area (Å²) in [6.07, 6.45) is 0. The van der Waals surface area contributed by atoms with Gasteiger partial charge < -0.3 is 10.1 Å². The van der Waals surface area contributed by atoms with Gasteiger partial charge in [0.05, 0.1) is 13.2 Å². The van der Waals surface area contributed by atoms with Crippen LogP contribution < -0.4 is 10.1 Å². The molecule has 20 heavy (non-hydrogen) atoms. The molecular weight excluding hydrogens is 321 g/mol. The lowest BCUT2D eigenvalue weighted by molar-refractivity contribution is 0.410. The Labute approximate surface area is 127 Å². The Kier molecular flexibility index (Phi) is 4.78. The molecule has 1 unspecified atom stereocenters. The number of hydrogen-bond donors (Lipinski definition) is 1. The lowest BCUT2D eigenvalue weighted by Gasteiger charge is -2.19. The van der Waals surface area contributed by atoms with Gasteiger partial charge in [0, 0.05) is 10.0 Å². The summed E-state index contributed by atoms with van der Waals surface area (Å²) in [6, 6.07) is 10.6.